The third kappa shape index (κ3) is 4.63. The number of carbonyl (C=O) groups is 1. The Labute approximate surface area is 135 Å². The Morgan fingerprint density at radius 1 is 1.35 bits per heavy atom. The van der Waals surface area contributed by atoms with Gasteiger partial charge in [0.25, 0.3) is 11.8 Å². The lowest BCUT2D eigenvalue weighted by Gasteiger charge is -2.06. The Morgan fingerprint density at radius 2 is 2.13 bits per heavy atom. The maximum atomic E-state index is 12.0. The third-order valence-corrected chi connectivity index (χ3v) is 3.72. The van der Waals surface area contributed by atoms with E-state index in [-0.39, 0.29) is 5.91 Å². The van der Waals surface area contributed by atoms with Gasteiger partial charge < -0.3 is 14.6 Å². The molecule has 1 fully saturated rings. The lowest BCUT2D eigenvalue weighted by atomic mass is 10.1. The van der Waals surface area contributed by atoms with E-state index in [2.05, 4.69) is 15.5 Å². The molecular weight excluding hydrogens is 294 g/mol. The van der Waals surface area contributed by atoms with Crippen molar-refractivity contribution in [3.63, 3.8) is 0 Å². The number of hydrogen-bond donors (Lipinski definition) is 1. The number of aromatic nitrogens is 2. The van der Waals surface area contributed by atoms with Gasteiger partial charge in [0.05, 0.1) is 0 Å². The summed E-state index contributed by atoms with van der Waals surface area (Å²) in [5, 5.41) is 6.65. The second-order valence-corrected chi connectivity index (χ2v) is 5.85. The summed E-state index contributed by atoms with van der Waals surface area (Å²) in [6, 6.07) is 7.13. The normalized spacial score (nSPS) is 14.0. The zero-order chi connectivity index (χ0) is 16.1. The summed E-state index contributed by atoms with van der Waals surface area (Å²) < 4.78 is 10.6. The molecule has 1 aromatic heterocycles. The van der Waals surface area contributed by atoms with Crippen LogP contribution in [0.1, 0.15) is 35.4 Å². The van der Waals surface area contributed by atoms with Crippen LogP contribution in [-0.4, -0.2) is 35.8 Å². The first-order valence-electron chi connectivity index (χ1n) is 7.99. The number of nitrogens with one attached hydrogen (secondary N) is 1. The van der Waals surface area contributed by atoms with E-state index in [4.69, 9.17) is 9.26 Å². The molecule has 3 rings (SSSR count). The summed E-state index contributed by atoms with van der Waals surface area (Å²) in [5.74, 6) is 1.75. The highest BCUT2D eigenvalue weighted by Crippen LogP contribution is 2.28. The average Bonchev–Trinajstić information content (AvgIpc) is 3.29. The first kappa shape index (κ1) is 15.7. The molecule has 1 aliphatic carbocycles. The molecule has 1 amide bonds. The molecule has 1 saturated carbocycles. The third-order valence-electron chi connectivity index (χ3n) is 3.72. The number of rotatable bonds is 8. The van der Waals surface area contributed by atoms with Crippen LogP contribution < -0.4 is 5.32 Å². The molecule has 0 saturated heterocycles. The van der Waals surface area contributed by atoms with E-state index in [1.807, 2.05) is 0 Å². The minimum atomic E-state index is -0.0829. The Hall–Kier alpha value is -2.21. The van der Waals surface area contributed by atoms with E-state index in [1.165, 1.54) is 12.8 Å². The number of nitrogens with zero attached hydrogens (tertiary/aromatic N) is 2. The fourth-order valence-electron chi connectivity index (χ4n) is 2.19. The maximum absolute atomic E-state index is 12.0. The molecule has 23 heavy (non-hydrogen) atoms. The SMILES string of the molecule is Cc1noc(-c2ccc(C(=O)NCCCOCC3CC3)cc2)n1. The molecule has 122 valence electrons. The Bertz CT molecular complexity index is 647. The minimum Gasteiger partial charge on any atom is -0.381 e. The predicted octanol–water partition coefficient (Wildman–Crippen LogP) is 2.59. The zero-order valence-corrected chi connectivity index (χ0v) is 13.2. The van der Waals surface area contributed by atoms with Crippen LogP contribution in [0.2, 0.25) is 0 Å². The van der Waals surface area contributed by atoms with E-state index in [9.17, 15) is 4.79 Å². The molecule has 0 unspecified atom stereocenters. The number of aryl methyl sites for hydroxylation is 1. The van der Waals surface area contributed by atoms with E-state index in [0.717, 1.165) is 24.5 Å². The molecule has 2 aromatic rings. The Morgan fingerprint density at radius 3 is 2.78 bits per heavy atom. The number of benzene rings is 1. The van der Waals surface area contributed by atoms with Crippen molar-refractivity contribution in [2.45, 2.75) is 26.2 Å². The van der Waals surface area contributed by atoms with Crippen LogP contribution >= 0.6 is 0 Å². The van der Waals surface area contributed by atoms with Crippen molar-refractivity contribution in [2.24, 2.45) is 5.92 Å². The molecule has 1 aliphatic rings. The highest BCUT2D eigenvalue weighted by molar-refractivity contribution is 5.94. The van der Waals surface area contributed by atoms with Gasteiger partial charge in [0.2, 0.25) is 0 Å². The summed E-state index contributed by atoms with van der Waals surface area (Å²) in [4.78, 5) is 16.2. The lowest BCUT2D eigenvalue weighted by molar-refractivity contribution is 0.0937. The molecule has 6 nitrogen and oxygen atoms in total. The number of ether oxygens (including phenoxy) is 1. The Kier molecular flexibility index (Phi) is 5.02. The van der Waals surface area contributed by atoms with Crippen molar-refractivity contribution in [2.75, 3.05) is 19.8 Å². The summed E-state index contributed by atoms with van der Waals surface area (Å²) >= 11 is 0. The van der Waals surface area contributed by atoms with Crippen molar-refractivity contribution >= 4 is 5.91 Å². The molecule has 0 spiro atoms. The summed E-state index contributed by atoms with van der Waals surface area (Å²) in [5.41, 5.74) is 1.42. The van der Waals surface area contributed by atoms with Gasteiger partial charge in [0.15, 0.2) is 5.82 Å². The molecule has 1 heterocycles. The van der Waals surface area contributed by atoms with Crippen LogP contribution in [0.4, 0.5) is 0 Å². The molecule has 0 atom stereocenters. The van der Waals surface area contributed by atoms with Crippen molar-refractivity contribution in [3.05, 3.63) is 35.7 Å². The Balaban J connectivity index is 1.41. The van der Waals surface area contributed by atoms with Gasteiger partial charge in [0, 0.05) is 30.9 Å². The first-order valence-corrected chi connectivity index (χ1v) is 7.99. The second-order valence-electron chi connectivity index (χ2n) is 5.85. The van der Waals surface area contributed by atoms with Crippen LogP contribution in [0, 0.1) is 12.8 Å². The fourth-order valence-corrected chi connectivity index (χ4v) is 2.19. The highest BCUT2D eigenvalue weighted by Gasteiger charge is 2.20. The van der Waals surface area contributed by atoms with Gasteiger partial charge >= 0.3 is 0 Å². The zero-order valence-electron chi connectivity index (χ0n) is 13.2. The van der Waals surface area contributed by atoms with E-state index < -0.39 is 0 Å². The molecule has 1 N–H and O–H groups in total. The smallest absolute Gasteiger partial charge is 0.257 e. The van der Waals surface area contributed by atoms with Crippen molar-refractivity contribution in [3.8, 4) is 11.5 Å². The van der Waals surface area contributed by atoms with Gasteiger partial charge in [-0.15, -0.1) is 0 Å². The van der Waals surface area contributed by atoms with Gasteiger partial charge in [-0.05, 0) is 56.4 Å². The molecule has 0 radical (unpaired) electrons. The monoisotopic (exact) mass is 315 g/mol. The van der Waals surface area contributed by atoms with E-state index in [0.29, 0.717) is 30.4 Å². The quantitative estimate of drug-likeness (QED) is 0.758. The first-order chi connectivity index (χ1) is 11.2. The molecule has 0 aliphatic heterocycles. The van der Waals surface area contributed by atoms with Gasteiger partial charge in [-0.1, -0.05) is 5.16 Å². The van der Waals surface area contributed by atoms with Crippen LogP contribution in [0.25, 0.3) is 11.5 Å². The van der Waals surface area contributed by atoms with Crippen LogP contribution in [0.5, 0.6) is 0 Å². The number of amides is 1. The van der Waals surface area contributed by atoms with Crippen LogP contribution in [0.15, 0.2) is 28.8 Å². The minimum absolute atomic E-state index is 0.0829. The van der Waals surface area contributed by atoms with Gasteiger partial charge in [-0.3, -0.25) is 4.79 Å². The fraction of sp³-hybridized carbons (Fsp3) is 0.471. The standard InChI is InChI=1S/C17H21N3O3/c1-12-19-17(23-20-12)15-7-5-14(6-8-15)16(21)18-9-2-10-22-11-13-3-4-13/h5-8,13H,2-4,9-11H2,1H3,(H,18,21). The van der Waals surface area contributed by atoms with Crippen LogP contribution in [0.3, 0.4) is 0 Å². The molecule has 0 bridgehead atoms. The number of hydrogen-bond acceptors (Lipinski definition) is 5. The lowest BCUT2D eigenvalue weighted by Crippen LogP contribution is -2.25. The van der Waals surface area contributed by atoms with Crippen molar-refractivity contribution in [1.29, 1.82) is 0 Å². The van der Waals surface area contributed by atoms with E-state index in [1.54, 1.807) is 31.2 Å². The van der Waals surface area contributed by atoms with E-state index >= 15 is 0 Å². The average molecular weight is 315 g/mol. The number of carbonyl (C=O) groups excluding carboxylic acids is 1. The molecule has 1 aromatic carbocycles. The molecule has 6 heteroatoms. The van der Waals surface area contributed by atoms with Gasteiger partial charge in [-0.25, -0.2) is 0 Å². The van der Waals surface area contributed by atoms with Crippen molar-refractivity contribution < 1.29 is 14.1 Å². The predicted molar refractivity (Wildman–Crippen MR) is 85.0 cm³/mol. The summed E-state index contributed by atoms with van der Waals surface area (Å²) in [7, 11) is 0. The summed E-state index contributed by atoms with van der Waals surface area (Å²) in [6.45, 7) is 3.95. The second kappa shape index (κ2) is 7.37. The van der Waals surface area contributed by atoms with Crippen LogP contribution in [-0.2, 0) is 4.74 Å². The topological polar surface area (TPSA) is 77.2 Å². The van der Waals surface area contributed by atoms with Crippen molar-refractivity contribution in [1.82, 2.24) is 15.5 Å². The van der Waals surface area contributed by atoms with Gasteiger partial charge in [-0.2, -0.15) is 4.98 Å². The van der Waals surface area contributed by atoms with Gasteiger partial charge in [0.1, 0.15) is 0 Å². The summed E-state index contributed by atoms with van der Waals surface area (Å²) in [6.07, 6.45) is 3.43. The maximum Gasteiger partial charge on any atom is 0.257 e. The largest absolute Gasteiger partial charge is 0.381 e. The molecular formula is C17H21N3O3. The highest BCUT2D eigenvalue weighted by atomic mass is 16.5.